The molecule has 0 N–H and O–H groups in total. The Bertz CT molecular complexity index is 1210. The molecule has 3 aromatic heterocycles. The second-order valence-corrected chi connectivity index (χ2v) is 8.21. The van der Waals surface area contributed by atoms with Crippen molar-refractivity contribution >= 4 is 22.7 Å². The molecule has 0 aliphatic carbocycles. The van der Waals surface area contributed by atoms with Gasteiger partial charge >= 0.3 is 5.63 Å². The van der Waals surface area contributed by atoms with Gasteiger partial charge in [0, 0.05) is 23.8 Å². The van der Waals surface area contributed by atoms with E-state index in [1.54, 1.807) is 24.1 Å². The van der Waals surface area contributed by atoms with Crippen molar-refractivity contribution in [1.29, 1.82) is 0 Å². The predicted molar refractivity (Wildman–Crippen MR) is 114 cm³/mol. The van der Waals surface area contributed by atoms with E-state index in [4.69, 9.17) is 8.83 Å². The first-order valence-electron chi connectivity index (χ1n) is 9.65. The van der Waals surface area contributed by atoms with Crippen molar-refractivity contribution < 1.29 is 8.83 Å². The van der Waals surface area contributed by atoms with Gasteiger partial charge < -0.3 is 8.83 Å². The van der Waals surface area contributed by atoms with Crippen molar-refractivity contribution in [2.75, 3.05) is 0 Å². The van der Waals surface area contributed by atoms with Crippen LogP contribution >= 0.6 is 11.8 Å². The Kier molecular flexibility index (Phi) is 5.32. The van der Waals surface area contributed by atoms with Gasteiger partial charge in [-0.15, -0.1) is 10.2 Å². The van der Waals surface area contributed by atoms with E-state index in [0.717, 1.165) is 28.2 Å². The number of nitrogens with zero attached hydrogens (tertiary/aromatic N) is 3. The van der Waals surface area contributed by atoms with Crippen LogP contribution in [0.3, 0.4) is 0 Å². The maximum atomic E-state index is 12.1. The van der Waals surface area contributed by atoms with E-state index < -0.39 is 0 Å². The Hall–Kier alpha value is -2.80. The van der Waals surface area contributed by atoms with Crippen LogP contribution < -0.4 is 5.63 Å². The van der Waals surface area contributed by atoms with Crippen molar-refractivity contribution in [2.24, 2.45) is 0 Å². The molecule has 0 bridgehead atoms. The molecule has 0 saturated heterocycles. The fourth-order valence-corrected chi connectivity index (χ4v) is 4.54. The lowest BCUT2D eigenvalue weighted by molar-refractivity contribution is 0.559. The van der Waals surface area contributed by atoms with Crippen LogP contribution in [0.15, 0.2) is 55.4 Å². The molecule has 1 aromatic carbocycles. The van der Waals surface area contributed by atoms with Gasteiger partial charge in [-0.1, -0.05) is 25.6 Å². The summed E-state index contributed by atoms with van der Waals surface area (Å²) in [4.78, 5) is 12.1. The quantitative estimate of drug-likeness (QED) is 0.314. The number of hydrogen-bond donors (Lipinski definition) is 0. The molecule has 6 nitrogen and oxygen atoms in total. The Labute approximate surface area is 172 Å². The van der Waals surface area contributed by atoms with Gasteiger partial charge in [0.25, 0.3) is 0 Å². The zero-order valence-electron chi connectivity index (χ0n) is 16.9. The molecule has 3 heterocycles. The molecule has 0 atom stereocenters. The van der Waals surface area contributed by atoms with Gasteiger partial charge in [-0.3, -0.25) is 4.57 Å². The number of hydrogen-bond acceptors (Lipinski definition) is 6. The highest BCUT2D eigenvalue weighted by molar-refractivity contribution is 7.98. The SMILES string of the molecule is CCn1c(SCc2cc(=O)oc3cc(C)c(C(C)C)cc23)nnc1-c1ccco1. The van der Waals surface area contributed by atoms with Gasteiger partial charge in [0.2, 0.25) is 0 Å². The maximum Gasteiger partial charge on any atom is 0.336 e. The van der Waals surface area contributed by atoms with E-state index >= 15 is 0 Å². The smallest absolute Gasteiger partial charge is 0.336 e. The Morgan fingerprint density at radius 2 is 2.03 bits per heavy atom. The highest BCUT2D eigenvalue weighted by Crippen LogP contribution is 2.31. The van der Waals surface area contributed by atoms with Crippen molar-refractivity contribution in [3.63, 3.8) is 0 Å². The van der Waals surface area contributed by atoms with Crippen molar-refractivity contribution in [1.82, 2.24) is 14.8 Å². The van der Waals surface area contributed by atoms with Crippen LogP contribution in [0.25, 0.3) is 22.6 Å². The minimum atomic E-state index is -0.335. The zero-order valence-corrected chi connectivity index (χ0v) is 17.7. The number of benzene rings is 1. The highest BCUT2D eigenvalue weighted by Gasteiger charge is 2.17. The fraction of sp³-hybridized carbons (Fsp3) is 0.318. The van der Waals surface area contributed by atoms with E-state index in [1.807, 2.05) is 29.7 Å². The molecule has 0 saturated carbocycles. The summed E-state index contributed by atoms with van der Waals surface area (Å²) in [6.07, 6.45) is 1.63. The number of rotatable bonds is 6. The van der Waals surface area contributed by atoms with Gasteiger partial charge in [-0.2, -0.15) is 0 Å². The monoisotopic (exact) mass is 409 g/mol. The minimum Gasteiger partial charge on any atom is -0.461 e. The lowest BCUT2D eigenvalue weighted by Gasteiger charge is -2.13. The third kappa shape index (κ3) is 3.74. The molecule has 0 fully saturated rings. The summed E-state index contributed by atoms with van der Waals surface area (Å²) in [5, 5.41) is 10.4. The standard InChI is InChI=1S/C22H23N3O3S/c1-5-25-21(18-7-6-8-27-18)23-24-22(25)29-12-15-10-20(26)28-19-9-14(4)16(13(2)3)11-17(15)19/h6-11,13H,5,12H2,1-4H3. The van der Waals surface area contributed by atoms with Crippen molar-refractivity contribution in [3.8, 4) is 11.6 Å². The highest BCUT2D eigenvalue weighted by atomic mass is 32.2. The zero-order chi connectivity index (χ0) is 20.5. The van der Waals surface area contributed by atoms with Crippen LogP contribution in [-0.4, -0.2) is 14.8 Å². The second kappa shape index (κ2) is 7.91. The first kappa shape index (κ1) is 19.5. The molecule has 0 aliphatic rings. The number of aryl methyl sites for hydroxylation is 1. The Morgan fingerprint density at radius 3 is 2.72 bits per heavy atom. The topological polar surface area (TPSA) is 74.1 Å². The number of fused-ring (bicyclic) bond motifs is 1. The molecule has 4 aromatic rings. The molecule has 29 heavy (non-hydrogen) atoms. The maximum absolute atomic E-state index is 12.1. The molecule has 0 amide bonds. The Morgan fingerprint density at radius 1 is 1.21 bits per heavy atom. The molecule has 150 valence electrons. The van der Waals surface area contributed by atoms with Crippen LogP contribution in [0, 0.1) is 6.92 Å². The van der Waals surface area contributed by atoms with E-state index in [1.165, 1.54) is 5.56 Å². The number of furan rings is 1. The number of thioether (sulfide) groups is 1. The second-order valence-electron chi connectivity index (χ2n) is 7.27. The summed E-state index contributed by atoms with van der Waals surface area (Å²) in [5.74, 6) is 2.38. The van der Waals surface area contributed by atoms with Crippen LogP contribution in [-0.2, 0) is 12.3 Å². The van der Waals surface area contributed by atoms with Gasteiger partial charge in [0.05, 0.1) is 6.26 Å². The molecule has 0 aliphatic heterocycles. The first-order chi connectivity index (χ1) is 14.0. The van der Waals surface area contributed by atoms with Crippen molar-refractivity contribution in [3.05, 3.63) is 63.7 Å². The summed E-state index contributed by atoms with van der Waals surface area (Å²) in [6, 6.07) is 9.39. The molecule has 0 unspecified atom stereocenters. The van der Waals surface area contributed by atoms with Gasteiger partial charge in [0.15, 0.2) is 16.7 Å². The molecule has 0 spiro atoms. The van der Waals surface area contributed by atoms with Crippen LogP contribution in [0.2, 0.25) is 0 Å². The van der Waals surface area contributed by atoms with Gasteiger partial charge in [-0.05, 0) is 60.7 Å². The molecule has 4 rings (SSSR count). The number of aromatic nitrogens is 3. The van der Waals surface area contributed by atoms with Gasteiger partial charge in [-0.25, -0.2) is 4.79 Å². The van der Waals surface area contributed by atoms with E-state index in [9.17, 15) is 4.79 Å². The molecule has 0 radical (unpaired) electrons. The average Bonchev–Trinajstić information content (AvgIpc) is 3.34. The van der Waals surface area contributed by atoms with Crippen LogP contribution in [0.4, 0.5) is 0 Å². The molecule has 7 heteroatoms. The summed E-state index contributed by atoms with van der Waals surface area (Å²) in [5.41, 5.74) is 3.62. The lowest BCUT2D eigenvalue weighted by atomic mass is 9.95. The summed E-state index contributed by atoms with van der Waals surface area (Å²) < 4.78 is 12.9. The van der Waals surface area contributed by atoms with Crippen molar-refractivity contribution in [2.45, 2.75) is 51.1 Å². The molecular weight excluding hydrogens is 386 g/mol. The summed E-state index contributed by atoms with van der Waals surface area (Å²) >= 11 is 1.55. The molecular formula is C22H23N3O3S. The Balaban J connectivity index is 1.70. The third-order valence-electron chi connectivity index (χ3n) is 4.97. The average molecular weight is 410 g/mol. The van der Waals surface area contributed by atoms with E-state index in [2.05, 4.69) is 37.0 Å². The first-order valence-corrected chi connectivity index (χ1v) is 10.6. The third-order valence-corrected chi connectivity index (χ3v) is 5.99. The fourth-order valence-electron chi connectivity index (χ4n) is 3.54. The van der Waals surface area contributed by atoms with Gasteiger partial charge in [0.1, 0.15) is 5.58 Å². The minimum absolute atomic E-state index is 0.335. The van der Waals surface area contributed by atoms with Crippen LogP contribution in [0.5, 0.6) is 0 Å². The summed E-state index contributed by atoms with van der Waals surface area (Å²) in [7, 11) is 0. The van der Waals surface area contributed by atoms with E-state index in [0.29, 0.717) is 28.8 Å². The van der Waals surface area contributed by atoms with Crippen LogP contribution in [0.1, 0.15) is 43.4 Å². The normalized spacial score (nSPS) is 11.6. The predicted octanol–water partition coefficient (Wildman–Crippen LogP) is 5.39. The summed E-state index contributed by atoms with van der Waals surface area (Å²) in [6.45, 7) is 9.16. The largest absolute Gasteiger partial charge is 0.461 e. The van der Waals surface area contributed by atoms with E-state index in [-0.39, 0.29) is 5.63 Å². The lowest BCUT2D eigenvalue weighted by Crippen LogP contribution is -2.03.